The molecule has 0 fully saturated rings. The van der Waals surface area contributed by atoms with Gasteiger partial charge >= 0.3 is 0 Å². The molecule has 98 valence electrons. The van der Waals surface area contributed by atoms with Gasteiger partial charge in [-0.1, -0.05) is 6.92 Å². The van der Waals surface area contributed by atoms with Crippen LogP contribution >= 0.6 is 0 Å². The maximum atomic E-state index is 11.3. The zero-order chi connectivity index (χ0) is 12.6. The molecule has 5 nitrogen and oxygen atoms in total. The molecule has 0 heterocycles. The Bertz CT molecular complexity index is 267. The minimum atomic E-state index is -2.86. The summed E-state index contributed by atoms with van der Waals surface area (Å²) >= 11 is 0. The summed E-state index contributed by atoms with van der Waals surface area (Å²) in [6.07, 6.45) is 2.31. The van der Waals surface area contributed by atoms with Crippen LogP contribution < -0.4 is 11.3 Å². The summed E-state index contributed by atoms with van der Waals surface area (Å²) in [5, 5.41) is 0. The average Bonchev–Trinajstić information content (AvgIpc) is 2.27. The number of nitrogens with two attached hydrogens (primary N) is 1. The second-order valence-electron chi connectivity index (χ2n) is 4.02. The Morgan fingerprint density at radius 1 is 1.44 bits per heavy atom. The Balaban J connectivity index is 3.88. The fraction of sp³-hybridized carbons (Fsp3) is 1.00. The smallest absolute Gasteiger partial charge is 0.150 e. The summed E-state index contributed by atoms with van der Waals surface area (Å²) in [5.74, 6) is 5.85. The van der Waals surface area contributed by atoms with Crippen molar-refractivity contribution in [3.63, 3.8) is 0 Å². The van der Waals surface area contributed by atoms with Crippen LogP contribution in [-0.2, 0) is 14.6 Å². The van der Waals surface area contributed by atoms with Gasteiger partial charge in [0.05, 0.1) is 11.9 Å². The lowest BCUT2D eigenvalue weighted by Gasteiger charge is -2.19. The quantitative estimate of drug-likeness (QED) is 0.460. The van der Waals surface area contributed by atoms with E-state index in [4.69, 9.17) is 10.6 Å². The molecule has 0 saturated heterocycles. The zero-order valence-electron chi connectivity index (χ0n) is 10.4. The van der Waals surface area contributed by atoms with E-state index in [9.17, 15) is 8.42 Å². The fourth-order valence-electron chi connectivity index (χ4n) is 1.46. The number of ether oxygens (including phenoxy) is 1. The highest BCUT2D eigenvalue weighted by Gasteiger charge is 2.13. The molecule has 16 heavy (non-hydrogen) atoms. The molecule has 2 unspecified atom stereocenters. The van der Waals surface area contributed by atoms with Crippen LogP contribution in [0.5, 0.6) is 0 Å². The molecule has 0 rings (SSSR count). The Morgan fingerprint density at radius 2 is 2.06 bits per heavy atom. The van der Waals surface area contributed by atoms with Gasteiger partial charge in [-0.2, -0.15) is 0 Å². The van der Waals surface area contributed by atoms with Crippen molar-refractivity contribution in [2.45, 2.75) is 45.3 Å². The molecule has 0 aliphatic heterocycles. The van der Waals surface area contributed by atoms with E-state index in [0.29, 0.717) is 6.42 Å². The molecule has 0 amide bonds. The third-order valence-corrected chi connectivity index (χ3v) is 4.49. The lowest BCUT2D eigenvalue weighted by molar-refractivity contribution is 0.0992. The molecule has 0 bridgehead atoms. The number of sulfone groups is 1. The Labute approximate surface area is 98.6 Å². The number of hydrogen-bond acceptors (Lipinski definition) is 5. The lowest BCUT2D eigenvalue weighted by atomic mass is 10.1. The summed E-state index contributed by atoms with van der Waals surface area (Å²) in [5.41, 5.74) is 2.70. The van der Waals surface area contributed by atoms with Crippen LogP contribution in [0.1, 0.15) is 33.1 Å². The number of methoxy groups -OCH3 is 1. The van der Waals surface area contributed by atoms with Gasteiger partial charge in [0.15, 0.2) is 0 Å². The van der Waals surface area contributed by atoms with Crippen molar-refractivity contribution in [3.05, 3.63) is 0 Å². The van der Waals surface area contributed by atoms with Crippen LogP contribution in [-0.4, -0.2) is 39.2 Å². The highest BCUT2D eigenvalue weighted by Crippen LogP contribution is 2.08. The van der Waals surface area contributed by atoms with E-state index >= 15 is 0 Å². The molecule has 3 N–H and O–H groups in total. The Morgan fingerprint density at radius 3 is 2.50 bits per heavy atom. The molecule has 6 heteroatoms. The number of hydrazine groups is 1. The summed E-state index contributed by atoms with van der Waals surface area (Å²) in [6, 6.07) is 0.113. The first-order valence-corrected chi connectivity index (χ1v) is 7.46. The van der Waals surface area contributed by atoms with E-state index in [0.717, 1.165) is 12.8 Å². The average molecular weight is 252 g/mol. The summed E-state index contributed by atoms with van der Waals surface area (Å²) in [7, 11) is -1.20. The Kier molecular flexibility index (Phi) is 7.91. The van der Waals surface area contributed by atoms with Crippen LogP contribution in [0.15, 0.2) is 0 Å². The number of rotatable bonds is 9. The summed E-state index contributed by atoms with van der Waals surface area (Å²) in [6.45, 7) is 3.63. The largest absolute Gasteiger partial charge is 0.382 e. The normalized spacial score (nSPS) is 16.0. The van der Waals surface area contributed by atoms with E-state index in [2.05, 4.69) is 5.43 Å². The van der Waals surface area contributed by atoms with Crippen molar-refractivity contribution < 1.29 is 13.2 Å². The second-order valence-corrected chi connectivity index (χ2v) is 6.50. The van der Waals surface area contributed by atoms with Gasteiger partial charge in [-0.25, -0.2) is 8.42 Å². The standard InChI is InChI=1S/C10H24N2O3S/c1-4-16(13,14)7-5-6-10(12-11)8-9(2)15-3/h9-10,12H,4-8,11H2,1-3H3. The molecule has 0 radical (unpaired) electrons. The van der Waals surface area contributed by atoms with Crippen LogP contribution in [0.2, 0.25) is 0 Å². The predicted molar refractivity (Wildman–Crippen MR) is 65.8 cm³/mol. The molecule has 0 spiro atoms. The van der Waals surface area contributed by atoms with E-state index < -0.39 is 9.84 Å². The van der Waals surface area contributed by atoms with Gasteiger partial charge in [0, 0.05) is 18.9 Å². The van der Waals surface area contributed by atoms with Gasteiger partial charge in [-0.05, 0) is 26.2 Å². The van der Waals surface area contributed by atoms with Crippen molar-refractivity contribution in [2.75, 3.05) is 18.6 Å². The predicted octanol–water partition coefficient (Wildman–Crippen LogP) is 0.458. The first-order chi connectivity index (χ1) is 7.45. The van der Waals surface area contributed by atoms with Crippen LogP contribution in [0.25, 0.3) is 0 Å². The molecule has 0 aliphatic rings. The van der Waals surface area contributed by atoms with Crippen LogP contribution in [0.3, 0.4) is 0 Å². The van der Waals surface area contributed by atoms with E-state index in [1.807, 2.05) is 6.92 Å². The van der Waals surface area contributed by atoms with Gasteiger partial charge in [-0.15, -0.1) is 0 Å². The Hall–Kier alpha value is -0.170. The lowest BCUT2D eigenvalue weighted by Crippen LogP contribution is -2.37. The van der Waals surface area contributed by atoms with Crippen LogP contribution in [0.4, 0.5) is 0 Å². The maximum Gasteiger partial charge on any atom is 0.150 e. The number of hydrogen-bond donors (Lipinski definition) is 2. The van der Waals surface area contributed by atoms with Crippen molar-refractivity contribution in [3.8, 4) is 0 Å². The molecule has 0 aromatic rings. The minimum Gasteiger partial charge on any atom is -0.382 e. The first-order valence-electron chi connectivity index (χ1n) is 5.64. The van der Waals surface area contributed by atoms with Gasteiger partial charge in [0.2, 0.25) is 0 Å². The first kappa shape index (κ1) is 15.8. The van der Waals surface area contributed by atoms with Crippen molar-refractivity contribution >= 4 is 9.84 Å². The molecule has 0 aromatic carbocycles. The second kappa shape index (κ2) is 8.00. The van der Waals surface area contributed by atoms with E-state index in [1.165, 1.54) is 0 Å². The van der Waals surface area contributed by atoms with Crippen LogP contribution in [0, 0.1) is 0 Å². The van der Waals surface area contributed by atoms with Gasteiger partial charge in [0.1, 0.15) is 9.84 Å². The topological polar surface area (TPSA) is 81.4 Å². The molecule has 0 aromatic heterocycles. The monoisotopic (exact) mass is 252 g/mol. The molecular weight excluding hydrogens is 228 g/mol. The summed E-state index contributed by atoms with van der Waals surface area (Å²) < 4.78 is 27.7. The number of nitrogens with one attached hydrogen (secondary N) is 1. The zero-order valence-corrected chi connectivity index (χ0v) is 11.2. The third-order valence-electron chi connectivity index (χ3n) is 2.70. The highest BCUT2D eigenvalue weighted by atomic mass is 32.2. The molecule has 2 atom stereocenters. The maximum absolute atomic E-state index is 11.3. The van der Waals surface area contributed by atoms with Gasteiger partial charge < -0.3 is 4.74 Å². The third kappa shape index (κ3) is 7.16. The molecule has 0 saturated carbocycles. The van der Waals surface area contributed by atoms with E-state index in [1.54, 1.807) is 14.0 Å². The minimum absolute atomic E-state index is 0.113. The van der Waals surface area contributed by atoms with Crippen molar-refractivity contribution in [1.29, 1.82) is 0 Å². The van der Waals surface area contributed by atoms with Crippen molar-refractivity contribution in [1.82, 2.24) is 5.43 Å². The SMILES string of the molecule is CCS(=O)(=O)CCCC(CC(C)OC)NN. The van der Waals surface area contributed by atoms with Gasteiger partial charge in [-0.3, -0.25) is 11.3 Å². The molecular formula is C10H24N2O3S. The highest BCUT2D eigenvalue weighted by molar-refractivity contribution is 7.91. The van der Waals surface area contributed by atoms with E-state index in [-0.39, 0.29) is 23.7 Å². The molecule has 0 aliphatic carbocycles. The fourth-order valence-corrected chi connectivity index (χ4v) is 2.36. The van der Waals surface area contributed by atoms with Gasteiger partial charge in [0.25, 0.3) is 0 Å². The summed E-state index contributed by atoms with van der Waals surface area (Å²) in [4.78, 5) is 0. The van der Waals surface area contributed by atoms with Crippen molar-refractivity contribution in [2.24, 2.45) is 5.84 Å².